The van der Waals surface area contributed by atoms with Gasteiger partial charge in [0.05, 0.1) is 17.2 Å². The number of rotatable bonds is 5. The minimum atomic E-state index is 0.531. The van der Waals surface area contributed by atoms with Gasteiger partial charge in [-0.2, -0.15) is 0 Å². The third kappa shape index (κ3) is 4.34. The van der Waals surface area contributed by atoms with Crippen molar-refractivity contribution in [1.29, 1.82) is 0 Å². The lowest BCUT2D eigenvalue weighted by molar-refractivity contribution is 0.415. The first-order chi connectivity index (χ1) is 14.2. The molecule has 146 valence electrons. The van der Waals surface area contributed by atoms with Crippen molar-refractivity contribution < 1.29 is 9.47 Å². The van der Waals surface area contributed by atoms with E-state index < -0.39 is 0 Å². The van der Waals surface area contributed by atoms with Gasteiger partial charge >= 0.3 is 0 Å². The molecule has 0 aliphatic heterocycles. The lowest BCUT2D eigenvalue weighted by atomic mass is 9.89. The second-order valence-corrected chi connectivity index (χ2v) is 7.53. The lowest BCUT2D eigenvalue weighted by Crippen LogP contribution is -2.00. The highest BCUT2D eigenvalue weighted by atomic mass is 35.5. The summed E-state index contributed by atoms with van der Waals surface area (Å²) >= 11 is 12.8. The molecule has 0 atom stereocenters. The zero-order valence-corrected chi connectivity index (χ0v) is 17.5. The van der Waals surface area contributed by atoms with E-state index in [-0.39, 0.29) is 0 Å². The van der Waals surface area contributed by atoms with Crippen LogP contribution in [0, 0.1) is 0 Å². The average molecular weight is 423 g/mol. The van der Waals surface area contributed by atoms with Gasteiger partial charge in [0.1, 0.15) is 17.3 Å². The number of allylic oxidation sites excluding steroid dienone is 3. The number of para-hydroxylation sites is 1. The van der Waals surface area contributed by atoms with Crippen LogP contribution in [0.15, 0.2) is 84.6 Å². The van der Waals surface area contributed by atoms with Crippen molar-refractivity contribution in [2.75, 3.05) is 7.11 Å². The maximum Gasteiger partial charge on any atom is 0.127 e. The average Bonchev–Trinajstić information content (AvgIpc) is 2.76. The van der Waals surface area contributed by atoms with Crippen molar-refractivity contribution >= 4 is 28.8 Å². The molecule has 0 saturated heterocycles. The molecule has 0 heterocycles. The Kier molecular flexibility index (Phi) is 5.94. The van der Waals surface area contributed by atoms with Crippen molar-refractivity contribution in [3.05, 3.63) is 100 Å². The molecule has 4 rings (SSSR count). The highest BCUT2D eigenvalue weighted by molar-refractivity contribution is 6.43. The topological polar surface area (TPSA) is 18.5 Å². The molecule has 4 heteroatoms. The summed E-state index contributed by atoms with van der Waals surface area (Å²) in [5.41, 5.74) is 4.16. The molecule has 0 saturated carbocycles. The Morgan fingerprint density at radius 1 is 0.793 bits per heavy atom. The smallest absolute Gasteiger partial charge is 0.127 e. The van der Waals surface area contributed by atoms with E-state index in [9.17, 15) is 0 Å². The first-order valence-corrected chi connectivity index (χ1v) is 10.2. The summed E-state index contributed by atoms with van der Waals surface area (Å²) in [6, 6.07) is 21.5. The maximum absolute atomic E-state index is 6.54. The zero-order valence-electron chi connectivity index (χ0n) is 16.0. The van der Waals surface area contributed by atoms with Crippen molar-refractivity contribution in [2.24, 2.45) is 0 Å². The number of benzene rings is 3. The Labute approximate surface area is 181 Å². The summed E-state index contributed by atoms with van der Waals surface area (Å²) in [7, 11) is 1.66. The molecule has 0 amide bonds. The standard InChI is InChI=1S/C25H20Cl2O2/c1-28-19-13-14-21(23(16-19)22-11-6-12-24(26)25(22)27)17-7-5-10-20(15-17)29-18-8-3-2-4-9-18/h2-4,6,8-16H,5,7H2,1H3. The Balaban J connectivity index is 1.76. The number of ether oxygens (including phenoxy) is 2. The molecule has 0 unspecified atom stereocenters. The fourth-order valence-electron chi connectivity index (χ4n) is 3.45. The normalized spacial score (nSPS) is 13.5. The van der Waals surface area contributed by atoms with E-state index >= 15 is 0 Å². The lowest BCUT2D eigenvalue weighted by Gasteiger charge is -2.19. The van der Waals surface area contributed by atoms with Crippen LogP contribution in [-0.4, -0.2) is 7.11 Å². The molecule has 29 heavy (non-hydrogen) atoms. The minimum Gasteiger partial charge on any atom is -0.497 e. The summed E-state index contributed by atoms with van der Waals surface area (Å²) in [4.78, 5) is 0. The van der Waals surface area contributed by atoms with Crippen LogP contribution in [0.2, 0.25) is 10.0 Å². The van der Waals surface area contributed by atoms with E-state index in [2.05, 4.69) is 18.2 Å². The molecule has 0 fully saturated rings. The van der Waals surface area contributed by atoms with Gasteiger partial charge < -0.3 is 9.47 Å². The molecule has 2 nitrogen and oxygen atoms in total. The van der Waals surface area contributed by atoms with Crippen LogP contribution in [0.3, 0.4) is 0 Å². The van der Waals surface area contributed by atoms with Gasteiger partial charge in [0.25, 0.3) is 0 Å². The van der Waals surface area contributed by atoms with E-state index in [0.717, 1.165) is 46.8 Å². The highest BCUT2D eigenvalue weighted by Crippen LogP contribution is 2.41. The van der Waals surface area contributed by atoms with Crippen LogP contribution in [-0.2, 0) is 0 Å². The molecular formula is C25H20Cl2O2. The number of hydrogen-bond acceptors (Lipinski definition) is 2. The van der Waals surface area contributed by atoms with Crippen molar-refractivity contribution in [2.45, 2.75) is 12.8 Å². The largest absolute Gasteiger partial charge is 0.497 e. The maximum atomic E-state index is 6.54. The molecule has 1 aliphatic carbocycles. The monoisotopic (exact) mass is 422 g/mol. The van der Waals surface area contributed by atoms with Crippen LogP contribution >= 0.6 is 23.2 Å². The van der Waals surface area contributed by atoms with Gasteiger partial charge in [-0.1, -0.05) is 59.6 Å². The van der Waals surface area contributed by atoms with Crippen LogP contribution in [0.25, 0.3) is 16.7 Å². The van der Waals surface area contributed by atoms with Crippen LogP contribution < -0.4 is 9.47 Å². The first-order valence-electron chi connectivity index (χ1n) is 9.42. The van der Waals surface area contributed by atoms with Crippen LogP contribution in [0.1, 0.15) is 18.4 Å². The van der Waals surface area contributed by atoms with Gasteiger partial charge in [-0.25, -0.2) is 0 Å². The van der Waals surface area contributed by atoms with Gasteiger partial charge in [0, 0.05) is 5.56 Å². The fraction of sp³-hybridized carbons (Fsp3) is 0.120. The summed E-state index contributed by atoms with van der Waals surface area (Å²) < 4.78 is 11.5. The fourth-order valence-corrected chi connectivity index (χ4v) is 3.85. The van der Waals surface area contributed by atoms with Gasteiger partial charge in [-0.05, 0) is 72.0 Å². The highest BCUT2D eigenvalue weighted by Gasteiger charge is 2.17. The number of methoxy groups -OCH3 is 1. The summed E-state index contributed by atoms with van der Waals surface area (Å²) in [5.74, 6) is 2.44. The summed E-state index contributed by atoms with van der Waals surface area (Å²) in [6.07, 6.45) is 6.04. The Hall–Kier alpha value is -2.68. The number of halogens is 2. The van der Waals surface area contributed by atoms with E-state index in [0.29, 0.717) is 10.0 Å². The Bertz CT molecular complexity index is 1090. The van der Waals surface area contributed by atoms with Crippen molar-refractivity contribution in [3.63, 3.8) is 0 Å². The Morgan fingerprint density at radius 2 is 1.62 bits per heavy atom. The Morgan fingerprint density at radius 3 is 2.41 bits per heavy atom. The van der Waals surface area contributed by atoms with E-state index in [4.69, 9.17) is 32.7 Å². The number of hydrogen-bond donors (Lipinski definition) is 0. The first kappa shape index (κ1) is 19.6. The van der Waals surface area contributed by atoms with Crippen molar-refractivity contribution in [3.8, 4) is 22.6 Å². The zero-order chi connectivity index (χ0) is 20.2. The molecule has 3 aromatic rings. The molecule has 0 spiro atoms. The molecule has 1 aliphatic rings. The van der Waals surface area contributed by atoms with Gasteiger partial charge in [-0.15, -0.1) is 0 Å². The minimum absolute atomic E-state index is 0.531. The summed E-state index contributed by atoms with van der Waals surface area (Å²) in [6.45, 7) is 0. The quantitative estimate of drug-likeness (QED) is 0.417. The molecule has 0 bridgehead atoms. The SMILES string of the molecule is COc1ccc(C2=CC(Oc3ccccc3)=CCC2)c(-c2cccc(Cl)c2Cl)c1. The third-order valence-corrected chi connectivity index (χ3v) is 5.69. The predicted molar refractivity (Wildman–Crippen MR) is 121 cm³/mol. The third-order valence-electron chi connectivity index (χ3n) is 4.87. The van der Waals surface area contributed by atoms with Gasteiger partial charge in [0.2, 0.25) is 0 Å². The molecular weight excluding hydrogens is 403 g/mol. The van der Waals surface area contributed by atoms with Crippen molar-refractivity contribution in [1.82, 2.24) is 0 Å². The predicted octanol–water partition coefficient (Wildman–Crippen LogP) is 7.81. The van der Waals surface area contributed by atoms with Crippen LogP contribution in [0.5, 0.6) is 11.5 Å². The molecule has 3 aromatic carbocycles. The van der Waals surface area contributed by atoms with Gasteiger partial charge in [-0.3, -0.25) is 0 Å². The molecule has 0 N–H and O–H groups in total. The van der Waals surface area contributed by atoms with E-state index in [1.807, 2.05) is 54.6 Å². The van der Waals surface area contributed by atoms with E-state index in [1.165, 1.54) is 5.57 Å². The second kappa shape index (κ2) is 8.77. The molecule has 0 radical (unpaired) electrons. The van der Waals surface area contributed by atoms with E-state index in [1.54, 1.807) is 13.2 Å². The van der Waals surface area contributed by atoms with Crippen LogP contribution in [0.4, 0.5) is 0 Å². The summed E-state index contributed by atoms with van der Waals surface area (Å²) in [5, 5.41) is 1.07. The second-order valence-electron chi connectivity index (χ2n) is 6.74. The van der Waals surface area contributed by atoms with Gasteiger partial charge in [0.15, 0.2) is 0 Å². The molecule has 0 aromatic heterocycles.